The Bertz CT molecular complexity index is 908. The zero-order valence-corrected chi connectivity index (χ0v) is 16.6. The first kappa shape index (κ1) is 20.4. The molecule has 9 heteroatoms. The third kappa shape index (κ3) is 4.74. The molecule has 0 saturated carbocycles. The molecule has 2 aromatic rings. The number of ether oxygens (including phenoxy) is 2. The van der Waals surface area contributed by atoms with E-state index in [0.717, 1.165) is 0 Å². The molecule has 9 nitrogen and oxygen atoms in total. The topological polar surface area (TPSA) is 103 Å². The van der Waals surface area contributed by atoms with Crippen LogP contribution >= 0.6 is 0 Å². The van der Waals surface area contributed by atoms with Crippen LogP contribution in [0.25, 0.3) is 0 Å². The van der Waals surface area contributed by atoms with Crippen molar-refractivity contribution in [1.29, 1.82) is 0 Å². The molecule has 0 fully saturated rings. The second kappa shape index (κ2) is 8.76. The summed E-state index contributed by atoms with van der Waals surface area (Å²) < 4.78 is 12.3. The molecule has 2 heterocycles. The minimum Gasteiger partial charge on any atom is -0.482 e. The molecule has 0 bridgehead atoms. The Morgan fingerprint density at radius 1 is 1.24 bits per heavy atom. The second-order valence-corrected chi connectivity index (χ2v) is 6.93. The summed E-state index contributed by atoms with van der Waals surface area (Å²) in [7, 11) is 0. The van der Waals surface area contributed by atoms with Crippen molar-refractivity contribution in [2.45, 2.75) is 39.3 Å². The standard InChI is InChI=1S/C20H24N4O5/c1-13(2)24-17(8-10-21-24)22-20(27)14(3)29-19(26)9-11-23-15-6-4-5-7-16(15)28-12-18(23)25/h4-8,10,13-14H,9,11-12H2,1-3H3,(H,22,27)/t14-/m0/s1. The van der Waals surface area contributed by atoms with Crippen molar-refractivity contribution in [3.05, 3.63) is 36.5 Å². The molecule has 29 heavy (non-hydrogen) atoms. The van der Waals surface area contributed by atoms with Gasteiger partial charge in [-0.1, -0.05) is 12.1 Å². The molecule has 154 valence electrons. The number of benzene rings is 1. The van der Waals surface area contributed by atoms with Crippen LogP contribution in [-0.2, 0) is 19.1 Å². The number of hydrogen-bond acceptors (Lipinski definition) is 6. The minimum atomic E-state index is -0.981. The van der Waals surface area contributed by atoms with Gasteiger partial charge in [-0.3, -0.25) is 14.4 Å². The summed E-state index contributed by atoms with van der Waals surface area (Å²) in [6.45, 7) is 5.45. The van der Waals surface area contributed by atoms with E-state index in [-0.39, 0.29) is 31.5 Å². The largest absolute Gasteiger partial charge is 0.482 e. The Balaban J connectivity index is 1.53. The summed E-state index contributed by atoms with van der Waals surface area (Å²) in [5.41, 5.74) is 0.615. The van der Waals surface area contributed by atoms with Gasteiger partial charge in [0.15, 0.2) is 12.7 Å². The van der Waals surface area contributed by atoms with Crippen LogP contribution in [0.15, 0.2) is 36.5 Å². The fraction of sp³-hybridized carbons (Fsp3) is 0.400. The Hall–Kier alpha value is -3.36. The Labute approximate surface area is 168 Å². The number of nitrogens with zero attached hydrogens (tertiary/aromatic N) is 3. The monoisotopic (exact) mass is 400 g/mol. The van der Waals surface area contributed by atoms with E-state index in [1.54, 1.807) is 35.1 Å². The molecule has 1 aliphatic rings. The van der Waals surface area contributed by atoms with Gasteiger partial charge in [0.05, 0.1) is 18.3 Å². The van der Waals surface area contributed by atoms with Gasteiger partial charge in [-0.25, -0.2) is 4.68 Å². The molecule has 0 unspecified atom stereocenters. The Morgan fingerprint density at radius 3 is 2.76 bits per heavy atom. The first-order chi connectivity index (χ1) is 13.9. The molecule has 2 amide bonds. The van der Waals surface area contributed by atoms with E-state index in [1.807, 2.05) is 19.9 Å². The van der Waals surface area contributed by atoms with Crippen LogP contribution in [-0.4, -0.2) is 46.8 Å². The Kier molecular flexibility index (Phi) is 6.16. The van der Waals surface area contributed by atoms with E-state index in [0.29, 0.717) is 17.3 Å². The molecule has 1 aromatic carbocycles. The summed E-state index contributed by atoms with van der Waals surface area (Å²) in [6, 6.07) is 8.88. The van der Waals surface area contributed by atoms with Gasteiger partial charge in [-0.15, -0.1) is 0 Å². The number of amides is 2. The highest BCUT2D eigenvalue weighted by Crippen LogP contribution is 2.31. The maximum absolute atomic E-state index is 12.3. The van der Waals surface area contributed by atoms with Crippen molar-refractivity contribution in [1.82, 2.24) is 9.78 Å². The predicted molar refractivity (Wildman–Crippen MR) is 106 cm³/mol. The van der Waals surface area contributed by atoms with E-state index < -0.39 is 18.0 Å². The van der Waals surface area contributed by atoms with Crippen molar-refractivity contribution in [3.8, 4) is 5.75 Å². The zero-order valence-electron chi connectivity index (χ0n) is 16.6. The van der Waals surface area contributed by atoms with Gasteiger partial charge in [0.1, 0.15) is 11.6 Å². The average molecular weight is 400 g/mol. The molecule has 1 atom stereocenters. The van der Waals surface area contributed by atoms with Gasteiger partial charge in [-0.05, 0) is 32.9 Å². The smallest absolute Gasteiger partial charge is 0.308 e. The van der Waals surface area contributed by atoms with Crippen molar-refractivity contribution in [3.63, 3.8) is 0 Å². The molecule has 1 N–H and O–H groups in total. The normalized spacial score (nSPS) is 14.2. The minimum absolute atomic E-state index is 0.0401. The number of anilines is 2. The summed E-state index contributed by atoms with van der Waals surface area (Å²) in [4.78, 5) is 38.2. The van der Waals surface area contributed by atoms with Gasteiger partial charge in [0.25, 0.3) is 11.8 Å². The first-order valence-electron chi connectivity index (χ1n) is 9.43. The maximum atomic E-state index is 12.3. The zero-order chi connectivity index (χ0) is 21.0. The van der Waals surface area contributed by atoms with E-state index in [2.05, 4.69) is 10.4 Å². The van der Waals surface area contributed by atoms with Crippen molar-refractivity contribution in [2.24, 2.45) is 0 Å². The van der Waals surface area contributed by atoms with Crippen LogP contribution in [0.3, 0.4) is 0 Å². The molecule has 3 rings (SSSR count). The number of rotatable bonds is 7. The molecule has 0 saturated heterocycles. The molecule has 0 radical (unpaired) electrons. The molecule has 1 aromatic heterocycles. The van der Waals surface area contributed by atoms with Gasteiger partial charge in [0.2, 0.25) is 0 Å². The maximum Gasteiger partial charge on any atom is 0.308 e. The lowest BCUT2D eigenvalue weighted by Gasteiger charge is -2.29. The van der Waals surface area contributed by atoms with Crippen LogP contribution in [0, 0.1) is 0 Å². The summed E-state index contributed by atoms with van der Waals surface area (Å²) >= 11 is 0. The number of para-hydroxylation sites is 2. The molecule has 1 aliphatic heterocycles. The highest BCUT2D eigenvalue weighted by molar-refractivity contribution is 5.98. The van der Waals surface area contributed by atoms with Gasteiger partial charge >= 0.3 is 5.97 Å². The van der Waals surface area contributed by atoms with Crippen LogP contribution < -0.4 is 15.0 Å². The predicted octanol–water partition coefficient (Wildman–Crippen LogP) is 2.15. The SMILES string of the molecule is CC(C)n1nccc1NC(=O)[C@H](C)OC(=O)CCN1C(=O)COc2ccccc21. The lowest BCUT2D eigenvalue weighted by molar-refractivity contribution is -0.153. The molecular weight excluding hydrogens is 376 g/mol. The van der Waals surface area contributed by atoms with Crippen LogP contribution in [0.1, 0.15) is 33.2 Å². The third-order valence-electron chi connectivity index (χ3n) is 4.44. The van der Waals surface area contributed by atoms with E-state index in [1.165, 1.54) is 11.8 Å². The average Bonchev–Trinajstić information content (AvgIpc) is 3.15. The number of esters is 1. The fourth-order valence-corrected chi connectivity index (χ4v) is 2.96. The quantitative estimate of drug-likeness (QED) is 0.715. The summed E-state index contributed by atoms with van der Waals surface area (Å²) in [5.74, 6) is -0.127. The number of fused-ring (bicyclic) bond motifs is 1. The summed E-state index contributed by atoms with van der Waals surface area (Å²) in [5, 5.41) is 6.85. The van der Waals surface area contributed by atoms with Crippen LogP contribution in [0.2, 0.25) is 0 Å². The van der Waals surface area contributed by atoms with E-state index in [4.69, 9.17) is 9.47 Å². The van der Waals surface area contributed by atoms with E-state index >= 15 is 0 Å². The highest BCUT2D eigenvalue weighted by atomic mass is 16.5. The third-order valence-corrected chi connectivity index (χ3v) is 4.44. The lowest BCUT2D eigenvalue weighted by Crippen LogP contribution is -2.40. The van der Waals surface area contributed by atoms with Crippen molar-refractivity contribution in [2.75, 3.05) is 23.4 Å². The highest BCUT2D eigenvalue weighted by Gasteiger charge is 2.26. The van der Waals surface area contributed by atoms with Gasteiger partial charge < -0.3 is 19.7 Å². The fourth-order valence-electron chi connectivity index (χ4n) is 2.96. The number of carbonyl (C=O) groups excluding carboxylic acids is 3. The van der Waals surface area contributed by atoms with Gasteiger partial charge in [-0.2, -0.15) is 5.10 Å². The number of hydrogen-bond donors (Lipinski definition) is 1. The number of nitrogens with one attached hydrogen (secondary N) is 1. The molecule has 0 spiro atoms. The Morgan fingerprint density at radius 2 is 2.00 bits per heavy atom. The van der Waals surface area contributed by atoms with Crippen molar-refractivity contribution < 1.29 is 23.9 Å². The van der Waals surface area contributed by atoms with E-state index in [9.17, 15) is 14.4 Å². The second-order valence-electron chi connectivity index (χ2n) is 6.93. The first-order valence-corrected chi connectivity index (χ1v) is 9.43. The van der Waals surface area contributed by atoms with Crippen LogP contribution in [0.5, 0.6) is 5.75 Å². The van der Waals surface area contributed by atoms with Gasteiger partial charge in [0, 0.05) is 18.7 Å². The van der Waals surface area contributed by atoms with Crippen LogP contribution in [0.4, 0.5) is 11.5 Å². The number of aromatic nitrogens is 2. The summed E-state index contributed by atoms with van der Waals surface area (Å²) in [6.07, 6.45) is 0.566. The molecule has 0 aliphatic carbocycles. The van der Waals surface area contributed by atoms with Crippen molar-refractivity contribution >= 4 is 29.3 Å². The lowest BCUT2D eigenvalue weighted by atomic mass is 10.2. The number of carbonyl (C=O) groups is 3. The molecular formula is C20H24N4O5.